The van der Waals surface area contributed by atoms with Crippen LogP contribution >= 0.6 is 12.6 Å². The first-order valence-electron chi connectivity index (χ1n) is 4.84. The van der Waals surface area contributed by atoms with Crippen LogP contribution in [0.5, 0.6) is 0 Å². The third-order valence-electron chi connectivity index (χ3n) is 2.02. The van der Waals surface area contributed by atoms with E-state index in [0.29, 0.717) is 11.8 Å². The van der Waals surface area contributed by atoms with Gasteiger partial charge < -0.3 is 0 Å². The van der Waals surface area contributed by atoms with E-state index in [9.17, 15) is 4.79 Å². The lowest BCUT2D eigenvalue weighted by Gasteiger charge is -2.32. The third kappa shape index (κ3) is 8.35. The van der Waals surface area contributed by atoms with E-state index in [0.717, 1.165) is 12.8 Å². The number of rotatable bonds is 4. The summed E-state index contributed by atoms with van der Waals surface area (Å²) in [5.74, 6) is 0. The summed E-state index contributed by atoms with van der Waals surface area (Å²) >= 11 is 3.78. The van der Waals surface area contributed by atoms with Gasteiger partial charge in [-0.1, -0.05) is 34.6 Å². The number of hydrogen-bond donors (Lipinski definition) is 1. The van der Waals surface area contributed by atoms with Crippen molar-refractivity contribution in [3.63, 3.8) is 0 Å². The predicted octanol–water partition coefficient (Wildman–Crippen LogP) is 3.69. The van der Waals surface area contributed by atoms with Gasteiger partial charge in [0.2, 0.25) is 0 Å². The summed E-state index contributed by atoms with van der Waals surface area (Å²) in [5, 5.41) is 0.00184. The number of carbonyl (C=O) groups is 1. The Balaban J connectivity index is 4.01. The molecule has 0 radical (unpaired) electrons. The van der Waals surface area contributed by atoms with Crippen LogP contribution in [0.3, 0.4) is 0 Å². The molecule has 0 fully saturated rings. The second-order valence-corrected chi connectivity index (χ2v) is 6.29. The zero-order valence-electron chi connectivity index (χ0n) is 9.48. The van der Waals surface area contributed by atoms with Crippen LogP contribution in [0, 0.1) is 10.8 Å². The average molecular weight is 202 g/mol. The molecule has 13 heavy (non-hydrogen) atoms. The lowest BCUT2D eigenvalue weighted by molar-refractivity contribution is -0.111. The molecule has 0 saturated carbocycles. The SMILES string of the molecule is CC(C)(C)CC(C)(C)CCC(=O)S. The summed E-state index contributed by atoms with van der Waals surface area (Å²) in [5.41, 5.74) is 0.583. The third-order valence-corrected chi connectivity index (χ3v) is 2.25. The van der Waals surface area contributed by atoms with Gasteiger partial charge in [0, 0.05) is 6.42 Å². The van der Waals surface area contributed by atoms with Crippen LogP contribution < -0.4 is 0 Å². The minimum Gasteiger partial charge on any atom is -0.288 e. The van der Waals surface area contributed by atoms with Crippen LogP contribution in [0.2, 0.25) is 0 Å². The van der Waals surface area contributed by atoms with Gasteiger partial charge in [-0.3, -0.25) is 4.79 Å². The highest BCUT2D eigenvalue weighted by molar-refractivity contribution is 7.96. The standard InChI is InChI=1S/C11H22OS/c1-10(2,3)8-11(4,5)7-6-9(12)13/h6-8H2,1-5H3,(H,12,13). The van der Waals surface area contributed by atoms with Crippen molar-refractivity contribution in [2.24, 2.45) is 10.8 Å². The first-order chi connectivity index (χ1) is 5.62. The first kappa shape index (κ1) is 13.0. The second-order valence-electron chi connectivity index (χ2n) is 5.80. The largest absolute Gasteiger partial charge is 0.288 e. The number of carbonyl (C=O) groups excluding carboxylic acids is 1. The molecule has 0 aliphatic carbocycles. The molecule has 0 unspecified atom stereocenters. The molecule has 0 heterocycles. The molecule has 0 aromatic carbocycles. The molecule has 1 nitrogen and oxygen atoms in total. The summed E-state index contributed by atoms with van der Waals surface area (Å²) in [6, 6.07) is 0. The summed E-state index contributed by atoms with van der Waals surface area (Å²) in [6.45, 7) is 11.1. The fourth-order valence-corrected chi connectivity index (χ4v) is 2.08. The van der Waals surface area contributed by atoms with E-state index in [1.165, 1.54) is 0 Å². The smallest absolute Gasteiger partial charge is 0.185 e. The summed E-state index contributed by atoms with van der Waals surface area (Å²) < 4.78 is 0. The van der Waals surface area contributed by atoms with Gasteiger partial charge in [-0.15, -0.1) is 12.6 Å². The van der Waals surface area contributed by atoms with Gasteiger partial charge in [0.15, 0.2) is 5.12 Å². The van der Waals surface area contributed by atoms with Crippen molar-refractivity contribution >= 4 is 17.7 Å². The van der Waals surface area contributed by atoms with Crippen molar-refractivity contribution in [1.29, 1.82) is 0 Å². The zero-order valence-corrected chi connectivity index (χ0v) is 10.4. The molecule has 0 aromatic rings. The first-order valence-corrected chi connectivity index (χ1v) is 5.29. The van der Waals surface area contributed by atoms with Crippen molar-refractivity contribution < 1.29 is 4.79 Å². The van der Waals surface area contributed by atoms with Crippen LogP contribution in [-0.2, 0) is 4.79 Å². The molecule has 0 aliphatic rings. The highest BCUT2D eigenvalue weighted by atomic mass is 32.1. The van der Waals surface area contributed by atoms with Gasteiger partial charge in [-0.25, -0.2) is 0 Å². The molecular formula is C11H22OS. The minimum atomic E-state index is 0.00184. The molecule has 0 N–H and O–H groups in total. The van der Waals surface area contributed by atoms with Gasteiger partial charge in [0.05, 0.1) is 0 Å². The average Bonchev–Trinajstić information content (AvgIpc) is 1.78. The van der Waals surface area contributed by atoms with E-state index in [1.807, 2.05) is 0 Å². The quantitative estimate of drug-likeness (QED) is 0.688. The molecule has 78 valence electrons. The van der Waals surface area contributed by atoms with Gasteiger partial charge >= 0.3 is 0 Å². The fourth-order valence-electron chi connectivity index (χ4n) is 1.97. The summed E-state index contributed by atoms with van der Waals surface area (Å²) in [6.07, 6.45) is 2.67. The normalized spacial score (nSPS) is 13.1. The summed E-state index contributed by atoms with van der Waals surface area (Å²) in [7, 11) is 0. The Morgan fingerprint density at radius 1 is 1.15 bits per heavy atom. The molecule has 0 aliphatic heterocycles. The molecule has 0 bridgehead atoms. The van der Waals surface area contributed by atoms with Crippen LogP contribution in [0.25, 0.3) is 0 Å². The fraction of sp³-hybridized carbons (Fsp3) is 0.909. The Morgan fingerprint density at radius 2 is 1.62 bits per heavy atom. The Morgan fingerprint density at radius 3 is 1.92 bits per heavy atom. The monoisotopic (exact) mass is 202 g/mol. The Bertz CT molecular complexity index is 177. The molecular weight excluding hydrogens is 180 g/mol. The number of hydrogen-bond acceptors (Lipinski definition) is 1. The highest BCUT2D eigenvalue weighted by Crippen LogP contribution is 2.36. The van der Waals surface area contributed by atoms with Gasteiger partial charge in [-0.2, -0.15) is 0 Å². The molecule has 0 saturated heterocycles. The molecule has 0 spiro atoms. The van der Waals surface area contributed by atoms with Gasteiger partial charge in [-0.05, 0) is 23.7 Å². The van der Waals surface area contributed by atoms with E-state index in [1.54, 1.807) is 0 Å². The maximum Gasteiger partial charge on any atom is 0.185 e. The Hall–Kier alpha value is 0.0200. The lowest BCUT2D eigenvalue weighted by Crippen LogP contribution is -2.21. The van der Waals surface area contributed by atoms with Crippen LogP contribution in [-0.4, -0.2) is 5.12 Å². The van der Waals surface area contributed by atoms with Crippen molar-refractivity contribution in [3.05, 3.63) is 0 Å². The second kappa shape index (κ2) is 4.50. The lowest BCUT2D eigenvalue weighted by atomic mass is 9.74. The van der Waals surface area contributed by atoms with E-state index < -0.39 is 0 Å². The molecule has 2 heteroatoms. The van der Waals surface area contributed by atoms with Gasteiger partial charge in [0.1, 0.15) is 0 Å². The van der Waals surface area contributed by atoms with Crippen molar-refractivity contribution in [2.75, 3.05) is 0 Å². The maximum atomic E-state index is 10.7. The molecule has 0 rings (SSSR count). The highest BCUT2D eigenvalue weighted by Gasteiger charge is 2.25. The van der Waals surface area contributed by atoms with Crippen molar-refractivity contribution in [3.8, 4) is 0 Å². The van der Waals surface area contributed by atoms with E-state index in [4.69, 9.17) is 0 Å². The van der Waals surface area contributed by atoms with E-state index in [-0.39, 0.29) is 10.5 Å². The number of thiol groups is 1. The van der Waals surface area contributed by atoms with Crippen LogP contribution in [0.4, 0.5) is 0 Å². The Labute approximate surface area is 87.7 Å². The van der Waals surface area contributed by atoms with Crippen LogP contribution in [0.1, 0.15) is 53.9 Å². The van der Waals surface area contributed by atoms with Gasteiger partial charge in [0.25, 0.3) is 0 Å². The van der Waals surface area contributed by atoms with Crippen LogP contribution in [0.15, 0.2) is 0 Å². The summed E-state index contributed by atoms with van der Waals surface area (Å²) in [4.78, 5) is 10.7. The van der Waals surface area contributed by atoms with Crippen molar-refractivity contribution in [2.45, 2.75) is 53.9 Å². The predicted molar refractivity (Wildman–Crippen MR) is 61.1 cm³/mol. The minimum absolute atomic E-state index is 0.00184. The van der Waals surface area contributed by atoms with E-state index in [2.05, 4.69) is 47.2 Å². The molecule has 0 atom stereocenters. The van der Waals surface area contributed by atoms with Crippen molar-refractivity contribution in [1.82, 2.24) is 0 Å². The molecule has 0 amide bonds. The molecule has 0 aromatic heterocycles. The maximum absolute atomic E-state index is 10.7. The topological polar surface area (TPSA) is 17.1 Å². The zero-order chi connectivity index (χ0) is 10.7. The Kier molecular flexibility index (Phi) is 4.50. The van der Waals surface area contributed by atoms with E-state index >= 15 is 0 Å².